The van der Waals surface area contributed by atoms with E-state index in [0.29, 0.717) is 24.6 Å². The summed E-state index contributed by atoms with van der Waals surface area (Å²) in [5.41, 5.74) is 7.37. The van der Waals surface area contributed by atoms with E-state index in [2.05, 4.69) is 5.32 Å². The largest absolute Gasteiger partial charge is 0.340 e. The molecule has 1 aromatic carbocycles. The molecule has 132 valence electrons. The summed E-state index contributed by atoms with van der Waals surface area (Å²) in [4.78, 5) is 27.4. The average molecular weight is 331 g/mol. The number of nitrogens with two attached hydrogens (primary N) is 1. The highest BCUT2D eigenvalue weighted by molar-refractivity contribution is 5.97. The molecule has 1 heterocycles. The molecule has 0 saturated carbocycles. The first-order valence-corrected chi connectivity index (χ1v) is 8.71. The van der Waals surface area contributed by atoms with Crippen LogP contribution in [0, 0.1) is 18.8 Å². The molecule has 3 unspecified atom stereocenters. The Labute approximate surface area is 144 Å². The van der Waals surface area contributed by atoms with Gasteiger partial charge < -0.3 is 16.0 Å². The molecule has 1 aliphatic heterocycles. The topological polar surface area (TPSA) is 75.4 Å². The molecule has 0 aromatic heterocycles. The number of hydrogen-bond donors (Lipinski definition) is 2. The summed E-state index contributed by atoms with van der Waals surface area (Å²) in [5, 5.41) is 2.93. The molecule has 3 atom stereocenters. The van der Waals surface area contributed by atoms with Crippen LogP contribution in [-0.4, -0.2) is 41.9 Å². The van der Waals surface area contributed by atoms with E-state index in [1.54, 1.807) is 6.07 Å². The number of nitrogens with zero attached hydrogens (tertiary/aromatic N) is 1. The lowest BCUT2D eigenvalue weighted by molar-refractivity contribution is -0.135. The fourth-order valence-corrected chi connectivity index (χ4v) is 3.32. The summed E-state index contributed by atoms with van der Waals surface area (Å²) in [6.45, 7) is 9.19. The number of benzene rings is 1. The highest BCUT2D eigenvalue weighted by atomic mass is 16.2. The molecule has 0 bridgehead atoms. The van der Waals surface area contributed by atoms with Crippen molar-refractivity contribution in [1.29, 1.82) is 0 Å². The van der Waals surface area contributed by atoms with Crippen LogP contribution in [0.25, 0.3) is 0 Å². The summed E-state index contributed by atoms with van der Waals surface area (Å²) in [6, 6.07) is 7.05. The second kappa shape index (κ2) is 7.79. The molecule has 24 heavy (non-hydrogen) atoms. The number of nitrogens with one attached hydrogen (secondary N) is 1. The Morgan fingerprint density at radius 1 is 1.38 bits per heavy atom. The van der Waals surface area contributed by atoms with Crippen LogP contribution in [0.3, 0.4) is 0 Å². The lowest BCUT2D eigenvalue weighted by Gasteiger charge is -2.29. The van der Waals surface area contributed by atoms with E-state index in [9.17, 15) is 9.59 Å². The molecular weight excluding hydrogens is 302 g/mol. The lowest BCUT2D eigenvalue weighted by Crippen LogP contribution is -2.52. The zero-order chi connectivity index (χ0) is 17.9. The van der Waals surface area contributed by atoms with Crippen molar-refractivity contribution in [3.05, 3.63) is 35.4 Å². The fraction of sp³-hybridized carbons (Fsp3) is 0.579. The maximum Gasteiger partial charge on any atom is 0.251 e. The number of rotatable bonds is 5. The van der Waals surface area contributed by atoms with Gasteiger partial charge in [0.25, 0.3) is 5.91 Å². The first-order valence-electron chi connectivity index (χ1n) is 8.71. The van der Waals surface area contributed by atoms with Gasteiger partial charge in [0.2, 0.25) is 5.91 Å². The molecule has 0 aliphatic carbocycles. The number of carbonyl (C=O) groups is 2. The van der Waals surface area contributed by atoms with Crippen molar-refractivity contribution in [2.24, 2.45) is 17.6 Å². The molecule has 0 radical (unpaired) electrons. The number of likely N-dealkylation sites (tertiary alicyclic amines) is 1. The van der Waals surface area contributed by atoms with Gasteiger partial charge in [-0.15, -0.1) is 0 Å². The van der Waals surface area contributed by atoms with E-state index in [1.807, 2.05) is 50.8 Å². The second-order valence-electron chi connectivity index (χ2n) is 7.24. The Morgan fingerprint density at radius 3 is 2.62 bits per heavy atom. The SMILES string of the molecule is Cc1cccc(C(=O)NC(C(=O)N2CC(CN)CC2C)C(C)C)c1. The molecule has 0 spiro atoms. The van der Waals surface area contributed by atoms with E-state index in [-0.39, 0.29) is 23.8 Å². The summed E-state index contributed by atoms with van der Waals surface area (Å²) in [6.07, 6.45) is 0.929. The smallest absolute Gasteiger partial charge is 0.251 e. The molecular formula is C19H29N3O2. The van der Waals surface area contributed by atoms with Crippen LogP contribution < -0.4 is 11.1 Å². The van der Waals surface area contributed by atoms with Gasteiger partial charge in [-0.05, 0) is 50.8 Å². The lowest BCUT2D eigenvalue weighted by atomic mass is 10.0. The van der Waals surface area contributed by atoms with E-state index in [1.165, 1.54) is 0 Å². The number of aryl methyl sites for hydroxylation is 1. The van der Waals surface area contributed by atoms with E-state index < -0.39 is 6.04 Å². The Balaban J connectivity index is 2.12. The predicted molar refractivity (Wildman–Crippen MR) is 95.6 cm³/mol. The van der Waals surface area contributed by atoms with Crippen LogP contribution in [-0.2, 0) is 4.79 Å². The molecule has 5 heteroatoms. The molecule has 3 N–H and O–H groups in total. The third-order valence-corrected chi connectivity index (χ3v) is 4.78. The van der Waals surface area contributed by atoms with Gasteiger partial charge in [-0.3, -0.25) is 9.59 Å². The predicted octanol–water partition coefficient (Wildman–Crippen LogP) is 1.95. The van der Waals surface area contributed by atoms with Crippen LogP contribution in [0.5, 0.6) is 0 Å². The van der Waals surface area contributed by atoms with Crippen molar-refractivity contribution < 1.29 is 9.59 Å². The van der Waals surface area contributed by atoms with Gasteiger partial charge in [-0.1, -0.05) is 31.5 Å². The normalized spacial score (nSPS) is 21.8. The van der Waals surface area contributed by atoms with Gasteiger partial charge >= 0.3 is 0 Å². The summed E-state index contributed by atoms with van der Waals surface area (Å²) in [5.74, 6) is 0.169. The fourth-order valence-electron chi connectivity index (χ4n) is 3.32. The number of hydrogen-bond acceptors (Lipinski definition) is 3. The average Bonchev–Trinajstić information content (AvgIpc) is 2.92. The van der Waals surface area contributed by atoms with Gasteiger partial charge in [0.05, 0.1) is 0 Å². The van der Waals surface area contributed by atoms with Gasteiger partial charge in [0.1, 0.15) is 6.04 Å². The van der Waals surface area contributed by atoms with Crippen molar-refractivity contribution in [1.82, 2.24) is 10.2 Å². The van der Waals surface area contributed by atoms with Crippen LogP contribution in [0.2, 0.25) is 0 Å². The highest BCUT2D eigenvalue weighted by Gasteiger charge is 2.36. The number of amides is 2. The van der Waals surface area contributed by atoms with Crippen LogP contribution in [0.15, 0.2) is 24.3 Å². The van der Waals surface area contributed by atoms with Crippen molar-refractivity contribution in [2.75, 3.05) is 13.1 Å². The molecule has 1 aliphatic rings. The first-order chi connectivity index (χ1) is 11.3. The van der Waals surface area contributed by atoms with Gasteiger partial charge in [0, 0.05) is 18.2 Å². The van der Waals surface area contributed by atoms with Gasteiger partial charge in [-0.25, -0.2) is 0 Å². The third kappa shape index (κ3) is 4.15. The number of carbonyl (C=O) groups excluding carboxylic acids is 2. The van der Waals surface area contributed by atoms with E-state index in [0.717, 1.165) is 12.0 Å². The van der Waals surface area contributed by atoms with Crippen LogP contribution in [0.1, 0.15) is 43.1 Å². The zero-order valence-corrected chi connectivity index (χ0v) is 15.1. The maximum absolute atomic E-state index is 13.0. The minimum absolute atomic E-state index is 0.00514. The molecule has 5 nitrogen and oxygen atoms in total. The molecule has 1 aromatic rings. The summed E-state index contributed by atoms with van der Waals surface area (Å²) >= 11 is 0. The Kier molecular flexibility index (Phi) is 5.99. The Hall–Kier alpha value is -1.88. The van der Waals surface area contributed by atoms with E-state index in [4.69, 9.17) is 5.73 Å². The second-order valence-corrected chi connectivity index (χ2v) is 7.24. The van der Waals surface area contributed by atoms with Crippen LogP contribution >= 0.6 is 0 Å². The van der Waals surface area contributed by atoms with Gasteiger partial charge in [0.15, 0.2) is 0 Å². The quantitative estimate of drug-likeness (QED) is 0.866. The van der Waals surface area contributed by atoms with Crippen molar-refractivity contribution in [3.8, 4) is 0 Å². The third-order valence-electron chi connectivity index (χ3n) is 4.78. The van der Waals surface area contributed by atoms with Crippen molar-refractivity contribution in [3.63, 3.8) is 0 Å². The molecule has 2 amide bonds. The highest BCUT2D eigenvalue weighted by Crippen LogP contribution is 2.24. The van der Waals surface area contributed by atoms with Crippen LogP contribution in [0.4, 0.5) is 0 Å². The van der Waals surface area contributed by atoms with E-state index >= 15 is 0 Å². The molecule has 2 rings (SSSR count). The minimum Gasteiger partial charge on any atom is -0.340 e. The van der Waals surface area contributed by atoms with Gasteiger partial charge in [-0.2, -0.15) is 0 Å². The Morgan fingerprint density at radius 2 is 2.08 bits per heavy atom. The first kappa shape index (κ1) is 18.5. The summed E-state index contributed by atoms with van der Waals surface area (Å²) in [7, 11) is 0. The maximum atomic E-state index is 13.0. The molecule has 1 fully saturated rings. The summed E-state index contributed by atoms with van der Waals surface area (Å²) < 4.78 is 0. The monoisotopic (exact) mass is 331 g/mol. The van der Waals surface area contributed by atoms with Crippen molar-refractivity contribution in [2.45, 2.75) is 46.2 Å². The zero-order valence-electron chi connectivity index (χ0n) is 15.1. The minimum atomic E-state index is -0.517. The van der Waals surface area contributed by atoms with Crippen molar-refractivity contribution >= 4 is 11.8 Å². The molecule has 1 saturated heterocycles. The standard InChI is InChI=1S/C19H29N3O2/c1-12(2)17(19(24)22-11-15(10-20)9-14(22)4)21-18(23)16-7-5-6-13(3)8-16/h5-8,12,14-15,17H,9-11,20H2,1-4H3,(H,21,23). The Bertz CT molecular complexity index is 600.